The van der Waals surface area contributed by atoms with Gasteiger partial charge in [-0.1, -0.05) is 0 Å². The molecule has 1 saturated carbocycles. The van der Waals surface area contributed by atoms with Crippen LogP contribution in [-0.4, -0.2) is 66.1 Å². The van der Waals surface area contributed by atoms with Crippen molar-refractivity contribution in [3.05, 3.63) is 59.2 Å². The van der Waals surface area contributed by atoms with Gasteiger partial charge in [0.15, 0.2) is 30.5 Å². The average Bonchev–Trinajstić information content (AvgIpc) is 2.96. The highest BCUT2D eigenvalue weighted by Gasteiger charge is 2.27. The minimum absolute atomic E-state index is 0.0333. The first-order valence-electron chi connectivity index (χ1n) is 12.6. The lowest BCUT2D eigenvalue weighted by molar-refractivity contribution is -0.140. The minimum Gasteiger partial charge on any atom is -0.479 e. The Morgan fingerprint density at radius 1 is 0.825 bits per heavy atom. The van der Waals surface area contributed by atoms with Crippen LogP contribution in [0.5, 0.6) is 11.5 Å². The number of nitrogens with one attached hydrogen (secondary N) is 2. The molecule has 2 aromatic carbocycles. The number of benzene rings is 2. The molecule has 0 radical (unpaired) electrons. The van der Waals surface area contributed by atoms with E-state index in [0.717, 1.165) is 12.8 Å². The van der Waals surface area contributed by atoms with Crippen LogP contribution in [0.15, 0.2) is 42.5 Å². The van der Waals surface area contributed by atoms with Crippen molar-refractivity contribution in [2.24, 2.45) is 11.8 Å². The molecule has 0 atom stereocenters. The summed E-state index contributed by atoms with van der Waals surface area (Å²) < 4.78 is 10.2. The highest BCUT2D eigenvalue weighted by molar-refractivity contribution is 6.00. The van der Waals surface area contributed by atoms with Crippen LogP contribution in [0.3, 0.4) is 0 Å². The summed E-state index contributed by atoms with van der Waals surface area (Å²) in [5.41, 5.74) is 1.08. The molecular weight excluding hydrogens is 522 g/mol. The third-order valence-corrected chi connectivity index (χ3v) is 6.44. The number of aliphatic carboxylic acids is 2. The molecule has 2 amide bonds. The van der Waals surface area contributed by atoms with Gasteiger partial charge in [-0.2, -0.15) is 5.26 Å². The zero-order valence-corrected chi connectivity index (χ0v) is 21.6. The molecule has 0 aromatic heterocycles. The van der Waals surface area contributed by atoms with Gasteiger partial charge in [-0.25, -0.2) is 9.59 Å². The second-order valence-corrected chi connectivity index (χ2v) is 9.28. The van der Waals surface area contributed by atoms with Gasteiger partial charge in [0.25, 0.3) is 5.91 Å². The summed E-state index contributed by atoms with van der Waals surface area (Å²) >= 11 is 0. The molecule has 0 heterocycles. The molecule has 1 aliphatic carbocycles. The molecule has 0 saturated heterocycles. The summed E-state index contributed by atoms with van der Waals surface area (Å²) in [5.74, 6) is -3.61. The summed E-state index contributed by atoms with van der Waals surface area (Å²) in [6, 6.07) is 12.3. The number of hydrogen-bond donors (Lipinski definition) is 4. The molecular formula is C28H29N3O9. The molecule has 40 heavy (non-hydrogen) atoms. The fraction of sp³-hybridized carbons (Fsp3) is 0.357. The average molecular weight is 552 g/mol. The second kappa shape index (κ2) is 14.3. The molecule has 12 nitrogen and oxygen atoms in total. The van der Waals surface area contributed by atoms with Crippen molar-refractivity contribution in [2.45, 2.75) is 25.7 Å². The van der Waals surface area contributed by atoms with Gasteiger partial charge in [-0.3, -0.25) is 14.4 Å². The Hall–Kier alpha value is -4.92. The molecule has 0 bridgehead atoms. The summed E-state index contributed by atoms with van der Waals surface area (Å²) in [5, 5.41) is 32.1. The third kappa shape index (κ3) is 8.83. The van der Waals surface area contributed by atoms with E-state index in [1.54, 1.807) is 24.3 Å². The topological polar surface area (TPSA) is 192 Å². The van der Waals surface area contributed by atoms with Crippen molar-refractivity contribution < 1.29 is 43.7 Å². The summed E-state index contributed by atoms with van der Waals surface area (Å²) in [6.07, 6.45) is 2.70. The lowest BCUT2D eigenvalue weighted by atomic mass is 9.81. The number of ether oxygens (including phenoxy) is 2. The zero-order valence-electron chi connectivity index (χ0n) is 21.6. The number of nitriles is 1. The predicted molar refractivity (Wildman–Crippen MR) is 139 cm³/mol. The maximum atomic E-state index is 12.7. The normalized spacial score (nSPS) is 16.2. The van der Waals surface area contributed by atoms with E-state index < -0.39 is 30.9 Å². The monoisotopic (exact) mass is 551 g/mol. The number of hydrogen-bond acceptors (Lipinski definition) is 8. The van der Waals surface area contributed by atoms with E-state index >= 15 is 0 Å². The number of carbonyl (C=O) groups excluding carboxylic acids is 3. The van der Waals surface area contributed by atoms with Gasteiger partial charge in [0, 0.05) is 23.6 Å². The number of amides is 2. The van der Waals surface area contributed by atoms with Crippen molar-refractivity contribution in [3.8, 4) is 17.6 Å². The lowest BCUT2D eigenvalue weighted by Crippen LogP contribution is -2.38. The first-order valence-corrected chi connectivity index (χ1v) is 12.6. The SMILES string of the molecule is N#Cc1ccc(C(=O)NCC2CCC(C(=O)NCC(=O)c3ccc(OCC(=O)O)c(OCC(=O)O)c3)CC2)cc1. The second-order valence-electron chi connectivity index (χ2n) is 9.28. The number of nitrogens with zero attached hydrogens (tertiary/aromatic N) is 1. The molecule has 0 aliphatic heterocycles. The van der Waals surface area contributed by atoms with Gasteiger partial charge in [0.1, 0.15) is 0 Å². The summed E-state index contributed by atoms with van der Waals surface area (Å²) in [7, 11) is 0. The van der Waals surface area contributed by atoms with Gasteiger partial charge in [-0.05, 0) is 74.1 Å². The van der Waals surface area contributed by atoms with Crippen LogP contribution >= 0.6 is 0 Å². The van der Waals surface area contributed by atoms with E-state index in [1.165, 1.54) is 18.2 Å². The van der Waals surface area contributed by atoms with Gasteiger partial charge in [0.2, 0.25) is 5.91 Å². The van der Waals surface area contributed by atoms with E-state index in [2.05, 4.69) is 10.6 Å². The number of carbonyl (C=O) groups is 5. The van der Waals surface area contributed by atoms with Crippen molar-refractivity contribution in [1.82, 2.24) is 10.6 Å². The standard InChI is InChI=1S/C28H29N3O9/c29-12-17-1-5-19(6-2-17)27(37)30-13-18-3-7-20(8-4-18)28(38)31-14-22(32)21-9-10-23(39-15-25(33)34)24(11-21)40-16-26(35)36/h1-2,5-6,9-11,18,20H,3-4,7-8,13-16H2,(H,30,37)(H,31,38)(H,33,34)(H,35,36). The Labute approximate surface area is 229 Å². The number of Topliss-reactive ketones (excluding diaryl/α,β-unsaturated/α-hetero) is 1. The molecule has 2 aromatic rings. The van der Waals surface area contributed by atoms with Gasteiger partial charge < -0.3 is 30.3 Å². The van der Waals surface area contributed by atoms with Gasteiger partial charge >= 0.3 is 11.9 Å². The van der Waals surface area contributed by atoms with Crippen LogP contribution in [0.1, 0.15) is 52.0 Å². The summed E-state index contributed by atoms with van der Waals surface area (Å²) in [4.78, 5) is 59.3. The Morgan fingerprint density at radius 3 is 2.02 bits per heavy atom. The molecule has 3 rings (SSSR count). The number of carboxylic acids is 2. The van der Waals surface area contributed by atoms with Crippen LogP contribution in [0, 0.1) is 23.2 Å². The number of carboxylic acid groups (broad SMARTS) is 2. The van der Waals surface area contributed by atoms with E-state index in [-0.39, 0.29) is 47.3 Å². The molecule has 1 fully saturated rings. The van der Waals surface area contributed by atoms with Crippen LogP contribution in [0.25, 0.3) is 0 Å². The van der Waals surface area contributed by atoms with Crippen molar-refractivity contribution >= 4 is 29.5 Å². The maximum absolute atomic E-state index is 12.7. The fourth-order valence-corrected chi connectivity index (χ4v) is 4.27. The number of rotatable bonds is 13. The Balaban J connectivity index is 1.45. The molecule has 12 heteroatoms. The molecule has 4 N–H and O–H groups in total. The summed E-state index contributed by atoms with van der Waals surface area (Å²) in [6.45, 7) is -1.21. The van der Waals surface area contributed by atoms with E-state index in [4.69, 9.17) is 24.9 Å². The fourth-order valence-electron chi connectivity index (χ4n) is 4.27. The largest absolute Gasteiger partial charge is 0.479 e. The molecule has 0 unspecified atom stereocenters. The van der Waals surface area contributed by atoms with Crippen molar-refractivity contribution in [3.63, 3.8) is 0 Å². The first-order chi connectivity index (χ1) is 19.2. The van der Waals surface area contributed by atoms with Crippen LogP contribution in [0.4, 0.5) is 0 Å². The Kier molecular flexibility index (Phi) is 10.6. The minimum atomic E-state index is -1.27. The Bertz CT molecular complexity index is 1290. The van der Waals surface area contributed by atoms with E-state index in [1.807, 2.05) is 6.07 Å². The van der Waals surface area contributed by atoms with Crippen LogP contribution in [0.2, 0.25) is 0 Å². The van der Waals surface area contributed by atoms with Crippen LogP contribution < -0.4 is 20.1 Å². The highest BCUT2D eigenvalue weighted by atomic mass is 16.5. The van der Waals surface area contributed by atoms with Crippen LogP contribution in [-0.2, 0) is 14.4 Å². The lowest BCUT2D eigenvalue weighted by Gasteiger charge is -2.27. The predicted octanol–water partition coefficient (Wildman–Crippen LogP) is 2.02. The number of ketones is 1. The zero-order chi connectivity index (χ0) is 29.1. The quantitative estimate of drug-likeness (QED) is 0.268. The van der Waals surface area contributed by atoms with E-state index in [9.17, 15) is 24.0 Å². The van der Waals surface area contributed by atoms with Crippen molar-refractivity contribution in [1.29, 1.82) is 5.26 Å². The highest BCUT2D eigenvalue weighted by Crippen LogP contribution is 2.30. The van der Waals surface area contributed by atoms with Gasteiger partial charge in [-0.15, -0.1) is 0 Å². The maximum Gasteiger partial charge on any atom is 0.341 e. The smallest absolute Gasteiger partial charge is 0.341 e. The van der Waals surface area contributed by atoms with Gasteiger partial charge in [0.05, 0.1) is 18.2 Å². The third-order valence-electron chi connectivity index (χ3n) is 6.44. The molecule has 0 spiro atoms. The van der Waals surface area contributed by atoms with E-state index in [0.29, 0.717) is 30.5 Å². The Morgan fingerprint density at radius 2 is 1.43 bits per heavy atom. The molecule has 1 aliphatic rings. The molecule has 210 valence electrons. The van der Waals surface area contributed by atoms with Crippen molar-refractivity contribution in [2.75, 3.05) is 26.3 Å². The first kappa shape index (κ1) is 29.6.